The van der Waals surface area contributed by atoms with E-state index in [0.29, 0.717) is 32.1 Å². The number of carbonyl (C=O) groups excluding carboxylic acids is 1. The normalized spacial score (nSPS) is 12.6. The van der Waals surface area contributed by atoms with Gasteiger partial charge in [0.15, 0.2) is 5.96 Å². The van der Waals surface area contributed by atoms with E-state index in [1.807, 2.05) is 58.0 Å². The lowest BCUT2D eigenvalue weighted by Crippen LogP contribution is -2.45. The van der Waals surface area contributed by atoms with Gasteiger partial charge in [0, 0.05) is 39.1 Å². The van der Waals surface area contributed by atoms with Gasteiger partial charge in [0.2, 0.25) is 0 Å². The van der Waals surface area contributed by atoms with Crippen LogP contribution in [0.5, 0.6) is 0 Å². The number of guanidine groups is 1. The van der Waals surface area contributed by atoms with Crippen molar-refractivity contribution in [1.82, 2.24) is 15.5 Å². The lowest BCUT2D eigenvalue weighted by atomic mass is 10.0. The zero-order valence-electron chi connectivity index (χ0n) is 18.3. The van der Waals surface area contributed by atoms with Crippen LogP contribution in [0.25, 0.3) is 0 Å². The lowest BCUT2D eigenvalue weighted by Gasteiger charge is -2.27. The molecule has 0 heterocycles. The number of aliphatic hydroxyl groups is 1. The summed E-state index contributed by atoms with van der Waals surface area (Å²) < 4.78 is 5.46. The fraction of sp³-hybridized carbons (Fsp3) is 0.619. The molecule has 0 radical (unpaired) electrons. The molecule has 0 aliphatic rings. The molecule has 1 unspecified atom stereocenters. The van der Waals surface area contributed by atoms with E-state index < -0.39 is 5.60 Å². The highest BCUT2D eigenvalue weighted by atomic mass is 127. The Kier molecular flexibility index (Phi) is 13.7. The van der Waals surface area contributed by atoms with Crippen molar-refractivity contribution in [3.8, 4) is 0 Å². The monoisotopic (exact) mass is 520 g/mol. The number of benzene rings is 1. The molecular formula is C21H37IN4O3. The van der Waals surface area contributed by atoms with Gasteiger partial charge in [-0.15, -0.1) is 24.0 Å². The summed E-state index contributed by atoms with van der Waals surface area (Å²) in [5.41, 5.74) is 0.567. The number of rotatable bonds is 9. The molecular weight excluding hydrogens is 483 g/mol. The van der Waals surface area contributed by atoms with Gasteiger partial charge in [-0.2, -0.15) is 0 Å². The molecule has 8 heteroatoms. The molecule has 0 aliphatic heterocycles. The van der Waals surface area contributed by atoms with Gasteiger partial charge >= 0.3 is 6.09 Å². The number of aliphatic imine (C=N–C) groups is 1. The molecule has 166 valence electrons. The number of aliphatic hydroxyl groups excluding tert-OH is 1. The Morgan fingerprint density at radius 3 is 2.38 bits per heavy atom. The SMILES string of the molecule is CCCN(CCNC(=NC)NCC(CO)c1ccccc1)C(=O)OC(C)(C)C.I. The third-order valence-corrected chi connectivity index (χ3v) is 4.05. The fourth-order valence-electron chi connectivity index (χ4n) is 2.65. The van der Waals surface area contributed by atoms with Crippen LogP contribution in [0, 0.1) is 0 Å². The Balaban J connectivity index is 0.00000784. The van der Waals surface area contributed by atoms with Gasteiger partial charge in [-0.3, -0.25) is 4.99 Å². The smallest absolute Gasteiger partial charge is 0.410 e. The summed E-state index contributed by atoms with van der Waals surface area (Å²) in [6.07, 6.45) is 0.560. The Morgan fingerprint density at radius 2 is 1.86 bits per heavy atom. The maximum Gasteiger partial charge on any atom is 0.410 e. The van der Waals surface area contributed by atoms with Crippen LogP contribution in [0.4, 0.5) is 4.79 Å². The van der Waals surface area contributed by atoms with E-state index in [1.54, 1.807) is 11.9 Å². The predicted molar refractivity (Wildman–Crippen MR) is 129 cm³/mol. The number of hydrogen-bond acceptors (Lipinski definition) is 4. The van der Waals surface area contributed by atoms with Crippen molar-refractivity contribution in [1.29, 1.82) is 0 Å². The topological polar surface area (TPSA) is 86.2 Å². The number of carbonyl (C=O) groups is 1. The third kappa shape index (κ3) is 11.3. The molecule has 0 saturated carbocycles. The van der Waals surface area contributed by atoms with Crippen molar-refractivity contribution in [3.05, 3.63) is 35.9 Å². The first-order valence-electron chi connectivity index (χ1n) is 9.89. The minimum absolute atomic E-state index is 0. The molecule has 0 aliphatic carbocycles. The Bertz CT molecular complexity index is 606. The molecule has 7 nitrogen and oxygen atoms in total. The molecule has 1 aromatic carbocycles. The molecule has 3 N–H and O–H groups in total. The van der Waals surface area contributed by atoms with E-state index in [1.165, 1.54) is 0 Å². The van der Waals surface area contributed by atoms with Crippen molar-refractivity contribution in [2.75, 3.05) is 39.8 Å². The van der Waals surface area contributed by atoms with Gasteiger partial charge in [0.1, 0.15) is 5.60 Å². The predicted octanol–water partition coefficient (Wildman–Crippen LogP) is 3.19. The highest BCUT2D eigenvalue weighted by Gasteiger charge is 2.21. The van der Waals surface area contributed by atoms with Crippen molar-refractivity contribution >= 4 is 36.0 Å². The maximum absolute atomic E-state index is 12.3. The van der Waals surface area contributed by atoms with Crippen molar-refractivity contribution < 1.29 is 14.6 Å². The van der Waals surface area contributed by atoms with E-state index in [2.05, 4.69) is 15.6 Å². The third-order valence-electron chi connectivity index (χ3n) is 4.05. The molecule has 1 amide bonds. The van der Waals surface area contributed by atoms with Crippen LogP contribution < -0.4 is 10.6 Å². The van der Waals surface area contributed by atoms with Crippen LogP contribution in [0.2, 0.25) is 0 Å². The quantitative estimate of drug-likeness (QED) is 0.265. The van der Waals surface area contributed by atoms with Gasteiger partial charge in [-0.25, -0.2) is 4.79 Å². The second kappa shape index (κ2) is 14.4. The molecule has 1 rings (SSSR count). The number of nitrogens with zero attached hydrogens (tertiary/aromatic N) is 2. The average Bonchev–Trinajstić information content (AvgIpc) is 2.65. The minimum atomic E-state index is -0.509. The van der Waals surface area contributed by atoms with Gasteiger partial charge in [0.25, 0.3) is 0 Å². The van der Waals surface area contributed by atoms with E-state index in [9.17, 15) is 9.90 Å². The van der Waals surface area contributed by atoms with Crippen molar-refractivity contribution in [2.45, 2.75) is 45.6 Å². The second-order valence-corrected chi connectivity index (χ2v) is 7.64. The van der Waals surface area contributed by atoms with E-state index in [0.717, 1.165) is 12.0 Å². The van der Waals surface area contributed by atoms with Gasteiger partial charge in [-0.05, 0) is 32.8 Å². The highest BCUT2D eigenvalue weighted by Crippen LogP contribution is 2.13. The number of amides is 1. The van der Waals surface area contributed by atoms with Crippen molar-refractivity contribution in [3.63, 3.8) is 0 Å². The first kappa shape index (κ1) is 27.5. The van der Waals surface area contributed by atoms with Gasteiger partial charge < -0.3 is 25.4 Å². The van der Waals surface area contributed by atoms with Crippen LogP contribution in [0.1, 0.15) is 45.6 Å². The number of ether oxygens (including phenoxy) is 1. The molecule has 0 saturated heterocycles. The van der Waals surface area contributed by atoms with Crippen LogP contribution in [0.15, 0.2) is 35.3 Å². The zero-order chi connectivity index (χ0) is 21.0. The molecule has 0 fully saturated rings. The molecule has 0 spiro atoms. The molecule has 1 atom stereocenters. The summed E-state index contributed by atoms with van der Waals surface area (Å²) in [5.74, 6) is 0.619. The Labute approximate surface area is 192 Å². The summed E-state index contributed by atoms with van der Waals surface area (Å²) >= 11 is 0. The standard InChI is InChI=1S/C21H36N4O3.HI/c1-6-13-25(20(27)28-21(2,3)4)14-12-23-19(22-5)24-15-18(16-26)17-10-8-7-9-11-17;/h7-11,18,26H,6,12-16H2,1-5H3,(H2,22,23,24);1H. The zero-order valence-corrected chi connectivity index (χ0v) is 20.6. The highest BCUT2D eigenvalue weighted by molar-refractivity contribution is 14.0. The molecule has 1 aromatic rings. The number of halogens is 1. The van der Waals surface area contributed by atoms with E-state index >= 15 is 0 Å². The van der Waals surface area contributed by atoms with E-state index in [4.69, 9.17) is 4.74 Å². The average molecular weight is 520 g/mol. The van der Waals surface area contributed by atoms with Gasteiger partial charge in [-0.1, -0.05) is 37.3 Å². The van der Waals surface area contributed by atoms with Crippen LogP contribution >= 0.6 is 24.0 Å². The summed E-state index contributed by atoms with van der Waals surface area (Å²) in [5, 5.41) is 16.1. The molecule has 0 bridgehead atoms. The summed E-state index contributed by atoms with van der Waals surface area (Å²) in [6.45, 7) is 9.95. The maximum atomic E-state index is 12.3. The largest absolute Gasteiger partial charge is 0.444 e. The summed E-state index contributed by atoms with van der Waals surface area (Å²) in [6, 6.07) is 9.89. The summed E-state index contributed by atoms with van der Waals surface area (Å²) in [7, 11) is 1.70. The number of hydrogen-bond donors (Lipinski definition) is 3. The number of nitrogens with one attached hydrogen (secondary N) is 2. The van der Waals surface area contributed by atoms with Crippen LogP contribution in [-0.4, -0.2) is 67.5 Å². The lowest BCUT2D eigenvalue weighted by molar-refractivity contribution is 0.0253. The Hall–Kier alpha value is -1.55. The fourth-order valence-corrected chi connectivity index (χ4v) is 2.65. The Morgan fingerprint density at radius 1 is 1.21 bits per heavy atom. The van der Waals surface area contributed by atoms with Crippen LogP contribution in [0.3, 0.4) is 0 Å². The second-order valence-electron chi connectivity index (χ2n) is 7.64. The first-order valence-corrected chi connectivity index (χ1v) is 9.89. The summed E-state index contributed by atoms with van der Waals surface area (Å²) in [4.78, 5) is 18.2. The first-order chi connectivity index (χ1) is 13.3. The van der Waals surface area contributed by atoms with Crippen molar-refractivity contribution in [2.24, 2.45) is 4.99 Å². The molecule has 0 aromatic heterocycles. The molecule has 29 heavy (non-hydrogen) atoms. The van der Waals surface area contributed by atoms with Crippen LogP contribution in [-0.2, 0) is 4.74 Å². The van der Waals surface area contributed by atoms with E-state index in [-0.39, 0.29) is 42.6 Å². The minimum Gasteiger partial charge on any atom is -0.444 e. The van der Waals surface area contributed by atoms with Gasteiger partial charge in [0.05, 0.1) is 6.61 Å².